The van der Waals surface area contributed by atoms with E-state index >= 15 is 0 Å². The number of hydrogen-bond acceptors (Lipinski definition) is 1. The monoisotopic (exact) mass is 344 g/mol. The number of halogens is 5. The van der Waals surface area contributed by atoms with Crippen molar-refractivity contribution in [2.24, 2.45) is 0 Å². The number of hydrogen-bond donors (Lipinski definition) is 0. The zero-order chi connectivity index (χ0) is 14.4. The summed E-state index contributed by atoms with van der Waals surface area (Å²) in [4.78, 5) is 3.93. The lowest BCUT2D eigenvalue weighted by atomic mass is 10.2. The second kappa shape index (κ2) is 4.59. The van der Waals surface area contributed by atoms with Gasteiger partial charge in [0.15, 0.2) is 23.3 Å². The second-order valence-electron chi connectivity index (χ2n) is 4.02. The molecule has 0 spiro atoms. The third-order valence-electron chi connectivity index (χ3n) is 2.88. The molecular weight excluding hydrogens is 340 g/mol. The second-order valence-corrected chi connectivity index (χ2v) is 4.81. The van der Waals surface area contributed by atoms with Gasteiger partial charge in [0, 0.05) is 0 Å². The Morgan fingerprint density at radius 3 is 2.15 bits per heavy atom. The molecule has 1 aromatic heterocycles. The third kappa shape index (κ3) is 1.73. The summed E-state index contributed by atoms with van der Waals surface area (Å²) in [5, 5.41) is 0. The number of imidazole rings is 1. The molecule has 0 N–H and O–H groups in total. The smallest absolute Gasteiger partial charge is 0.187 e. The summed E-state index contributed by atoms with van der Waals surface area (Å²) in [6.07, 6.45) is 1.11. The lowest BCUT2D eigenvalue weighted by Gasteiger charge is -2.10. The van der Waals surface area contributed by atoms with E-state index in [1.165, 1.54) is 0 Å². The van der Waals surface area contributed by atoms with Gasteiger partial charge >= 0.3 is 0 Å². The first-order valence-electron chi connectivity index (χ1n) is 5.46. The standard InChI is InChI=1S/C13H5BrF4N2/c14-8-9(15)11(17)13(12(18)10(8)16)20-5-19-6-3-1-2-4-7(6)20/h1-5H. The summed E-state index contributed by atoms with van der Waals surface area (Å²) in [5.74, 6) is -5.95. The molecular formula is C13H5BrF4N2. The van der Waals surface area contributed by atoms with Crippen LogP contribution < -0.4 is 0 Å². The van der Waals surface area contributed by atoms with Gasteiger partial charge in [-0.05, 0) is 28.1 Å². The topological polar surface area (TPSA) is 17.8 Å². The van der Waals surface area contributed by atoms with Gasteiger partial charge in [0.05, 0.1) is 15.5 Å². The van der Waals surface area contributed by atoms with Crippen LogP contribution in [0.15, 0.2) is 35.1 Å². The summed E-state index contributed by atoms with van der Waals surface area (Å²) < 4.78 is 55.1. The minimum Gasteiger partial charge on any atom is -0.293 e. The minimum absolute atomic E-state index is 0.339. The van der Waals surface area contributed by atoms with Crippen LogP contribution in [-0.2, 0) is 0 Å². The maximum Gasteiger partial charge on any atom is 0.187 e. The molecule has 0 aliphatic carbocycles. The van der Waals surface area contributed by atoms with E-state index in [0.29, 0.717) is 11.0 Å². The molecule has 0 saturated carbocycles. The Hall–Kier alpha value is -1.89. The van der Waals surface area contributed by atoms with Crippen molar-refractivity contribution < 1.29 is 17.6 Å². The van der Waals surface area contributed by atoms with Crippen LogP contribution in [0.1, 0.15) is 0 Å². The number of fused-ring (bicyclic) bond motifs is 1. The maximum absolute atomic E-state index is 13.9. The number of rotatable bonds is 1. The molecule has 3 aromatic rings. The maximum atomic E-state index is 13.9. The Labute approximate surface area is 118 Å². The lowest BCUT2D eigenvalue weighted by molar-refractivity contribution is 0.441. The van der Waals surface area contributed by atoms with Crippen molar-refractivity contribution in [1.82, 2.24) is 9.55 Å². The number of aromatic nitrogens is 2. The highest BCUT2D eigenvalue weighted by molar-refractivity contribution is 9.10. The molecule has 7 heteroatoms. The van der Waals surface area contributed by atoms with Gasteiger partial charge in [0.2, 0.25) is 0 Å². The summed E-state index contributed by atoms with van der Waals surface area (Å²) in [5.41, 5.74) is -0.0432. The van der Waals surface area contributed by atoms with Crippen molar-refractivity contribution in [2.45, 2.75) is 0 Å². The fourth-order valence-electron chi connectivity index (χ4n) is 1.94. The highest BCUT2D eigenvalue weighted by Gasteiger charge is 2.26. The van der Waals surface area contributed by atoms with Crippen LogP contribution in [0.4, 0.5) is 17.6 Å². The molecule has 0 atom stereocenters. The molecule has 0 amide bonds. The van der Waals surface area contributed by atoms with Gasteiger partial charge in [-0.15, -0.1) is 0 Å². The Morgan fingerprint density at radius 1 is 0.900 bits per heavy atom. The minimum atomic E-state index is -1.49. The van der Waals surface area contributed by atoms with Crippen molar-refractivity contribution in [2.75, 3.05) is 0 Å². The number of benzene rings is 2. The van der Waals surface area contributed by atoms with Gasteiger partial charge in [-0.2, -0.15) is 0 Å². The van der Waals surface area contributed by atoms with E-state index in [1.807, 2.05) is 0 Å². The number of nitrogens with zero attached hydrogens (tertiary/aromatic N) is 2. The van der Waals surface area contributed by atoms with Crippen molar-refractivity contribution in [3.05, 3.63) is 58.3 Å². The highest BCUT2D eigenvalue weighted by Crippen LogP contribution is 2.31. The first kappa shape index (κ1) is 13.1. The molecule has 0 radical (unpaired) electrons. The molecule has 0 fully saturated rings. The van der Waals surface area contributed by atoms with E-state index in [0.717, 1.165) is 10.9 Å². The van der Waals surface area contributed by atoms with Crippen LogP contribution in [0.5, 0.6) is 0 Å². The average Bonchev–Trinajstić information content (AvgIpc) is 2.87. The van der Waals surface area contributed by atoms with E-state index in [-0.39, 0.29) is 0 Å². The van der Waals surface area contributed by atoms with E-state index < -0.39 is 33.4 Å². The van der Waals surface area contributed by atoms with Crippen LogP contribution in [0, 0.1) is 23.3 Å². The van der Waals surface area contributed by atoms with Gasteiger partial charge < -0.3 is 0 Å². The molecule has 2 aromatic carbocycles. The van der Waals surface area contributed by atoms with Crippen LogP contribution in [0.2, 0.25) is 0 Å². The normalized spacial score (nSPS) is 11.2. The molecule has 2 nitrogen and oxygen atoms in total. The molecule has 0 aliphatic heterocycles. The highest BCUT2D eigenvalue weighted by atomic mass is 79.9. The average molecular weight is 345 g/mol. The third-order valence-corrected chi connectivity index (χ3v) is 3.58. The van der Waals surface area contributed by atoms with Gasteiger partial charge in [-0.1, -0.05) is 12.1 Å². The number of para-hydroxylation sites is 2. The van der Waals surface area contributed by atoms with Crippen molar-refractivity contribution in [3.63, 3.8) is 0 Å². The molecule has 3 rings (SSSR count). The zero-order valence-electron chi connectivity index (χ0n) is 9.67. The summed E-state index contributed by atoms with van der Waals surface area (Å²) in [6.45, 7) is 0. The molecule has 1 heterocycles. The van der Waals surface area contributed by atoms with Gasteiger partial charge in [0.1, 0.15) is 12.0 Å². The van der Waals surface area contributed by atoms with Crippen LogP contribution in [0.3, 0.4) is 0 Å². The first-order chi connectivity index (χ1) is 9.52. The van der Waals surface area contributed by atoms with Crippen molar-refractivity contribution in [1.29, 1.82) is 0 Å². The van der Waals surface area contributed by atoms with E-state index in [9.17, 15) is 17.6 Å². The predicted octanol–water partition coefficient (Wildman–Crippen LogP) is 4.34. The van der Waals surface area contributed by atoms with E-state index in [1.54, 1.807) is 24.3 Å². The quantitative estimate of drug-likeness (QED) is 0.364. The Balaban J connectivity index is 2.41. The van der Waals surface area contributed by atoms with Crippen LogP contribution in [-0.4, -0.2) is 9.55 Å². The Morgan fingerprint density at radius 2 is 1.50 bits per heavy atom. The zero-order valence-corrected chi connectivity index (χ0v) is 11.3. The molecule has 0 aliphatic rings. The van der Waals surface area contributed by atoms with Gasteiger partial charge in [-0.3, -0.25) is 4.57 Å². The SMILES string of the molecule is Fc1c(F)c(-n2cnc3ccccc32)c(F)c(F)c1Br. The lowest BCUT2D eigenvalue weighted by Crippen LogP contribution is -2.07. The summed E-state index contributed by atoms with van der Waals surface area (Å²) in [6, 6.07) is 6.48. The first-order valence-corrected chi connectivity index (χ1v) is 6.25. The van der Waals surface area contributed by atoms with Gasteiger partial charge in [-0.25, -0.2) is 22.5 Å². The Bertz CT molecular complexity index is 800. The Kier molecular flexibility index (Phi) is 3.01. The van der Waals surface area contributed by atoms with Crippen molar-refractivity contribution >= 4 is 27.0 Å². The predicted molar refractivity (Wildman–Crippen MR) is 68.6 cm³/mol. The van der Waals surface area contributed by atoms with Gasteiger partial charge in [0.25, 0.3) is 0 Å². The largest absolute Gasteiger partial charge is 0.293 e. The molecule has 102 valence electrons. The fourth-order valence-corrected chi connectivity index (χ4v) is 2.29. The van der Waals surface area contributed by atoms with Crippen LogP contribution in [0.25, 0.3) is 16.7 Å². The summed E-state index contributed by atoms with van der Waals surface area (Å²) in [7, 11) is 0. The fraction of sp³-hybridized carbons (Fsp3) is 0. The molecule has 0 bridgehead atoms. The molecule has 0 saturated heterocycles. The van der Waals surface area contributed by atoms with Crippen LogP contribution >= 0.6 is 15.9 Å². The molecule has 20 heavy (non-hydrogen) atoms. The van der Waals surface area contributed by atoms with E-state index in [4.69, 9.17) is 0 Å². The molecule has 0 unspecified atom stereocenters. The van der Waals surface area contributed by atoms with E-state index in [2.05, 4.69) is 20.9 Å². The van der Waals surface area contributed by atoms with Crippen molar-refractivity contribution in [3.8, 4) is 5.69 Å². The summed E-state index contributed by atoms with van der Waals surface area (Å²) >= 11 is 2.47.